The van der Waals surface area contributed by atoms with E-state index < -0.39 is 11.8 Å². The minimum Gasteiger partial charge on any atom is -0.508 e. The van der Waals surface area contributed by atoms with Gasteiger partial charge < -0.3 is 21.1 Å². The van der Waals surface area contributed by atoms with E-state index in [1.165, 1.54) is 19.1 Å². The molecule has 0 radical (unpaired) electrons. The van der Waals surface area contributed by atoms with Crippen LogP contribution < -0.4 is 16.0 Å². The number of phenolic OH excluding ortho intramolecular Hbond substituents is 1. The van der Waals surface area contributed by atoms with Crippen LogP contribution >= 0.6 is 0 Å². The van der Waals surface area contributed by atoms with Crippen molar-refractivity contribution < 1.29 is 19.5 Å². The molecule has 0 aliphatic rings. The molecule has 4 N–H and O–H groups in total. The van der Waals surface area contributed by atoms with Gasteiger partial charge in [0.15, 0.2) is 0 Å². The first-order valence-corrected chi connectivity index (χ1v) is 5.61. The number of aromatic hydroxyl groups is 1. The molecule has 1 aromatic rings. The fourth-order valence-electron chi connectivity index (χ4n) is 1.27. The lowest BCUT2D eigenvalue weighted by Crippen LogP contribution is -2.39. The Morgan fingerprint density at radius 2 is 1.79 bits per heavy atom. The fraction of sp³-hybridized carbons (Fsp3) is 0.250. The molecule has 1 aromatic carbocycles. The third-order valence-electron chi connectivity index (χ3n) is 2.09. The van der Waals surface area contributed by atoms with Gasteiger partial charge in [0.05, 0.1) is 0 Å². The highest BCUT2D eigenvalue weighted by atomic mass is 16.3. The molecule has 0 saturated heterocycles. The van der Waals surface area contributed by atoms with E-state index in [9.17, 15) is 19.5 Å². The quantitative estimate of drug-likeness (QED) is 0.438. The third-order valence-corrected chi connectivity index (χ3v) is 2.09. The van der Waals surface area contributed by atoms with Gasteiger partial charge in [0.1, 0.15) is 5.75 Å². The number of anilines is 1. The van der Waals surface area contributed by atoms with Gasteiger partial charge in [0.2, 0.25) is 5.91 Å². The molecular weight excluding hydrogens is 250 g/mol. The Morgan fingerprint density at radius 1 is 1.11 bits per heavy atom. The molecule has 0 heterocycles. The lowest BCUT2D eigenvalue weighted by molar-refractivity contribution is -0.136. The zero-order valence-corrected chi connectivity index (χ0v) is 10.4. The van der Waals surface area contributed by atoms with Crippen molar-refractivity contribution in [3.8, 4) is 5.75 Å². The van der Waals surface area contributed by atoms with Crippen LogP contribution in [0, 0.1) is 0 Å². The predicted octanol–water partition coefficient (Wildman–Crippen LogP) is -0.417. The molecule has 0 fully saturated rings. The number of carbonyl (C=O) groups excluding carboxylic acids is 3. The maximum absolute atomic E-state index is 11.5. The molecule has 0 aromatic heterocycles. The molecule has 1 rings (SSSR count). The zero-order valence-electron chi connectivity index (χ0n) is 10.4. The highest BCUT2D eigenvalue weighted by Gasteiger charge is 2.12. The van der Waals surface area contributed by atoms with Crippen molar-refractivity contribution in [3.05, 3.63) is 24.3 Å². The standard InChI is InChI=1S/C12H15N3O4/c1-8(16)13-5-6-14-11(18)12(19)15-9-3-2-4-10(17)7-9/h2-4,7,17H,5-6H2,1H3,(H,13,16)(H,14,18)(H,15,19). The summed E-state index contributed by atoms with van der Waals surface area (Å²) in [7, 11) is 0. The number of benzene rings is 1. The van der Waals surface area contributed by atoms with Crippen molar-refractivity contribution >= 4 is 23.4 Å². The van der Waals surface area contributed by atoms with Crippen molar-refractivity contribution in [2.45, 2.75) is 6.92 Å². The van der Waals surface area contributed by atoms with Gasteiger partial charge in [-0.1, -0.05) is 6.07 Å². The molecule has 0 saturated carbocycles. The largest absolute Gasteiger partial charge is 0.508 e. The SMILES string of the molecule is CC(=O)NCCNC(=O)C(=O)Nc1cccc(O)c1. The highest BCUT2D eigenvalue weighted by molar-refractivity contribution is 6.39. The number of hydrogen-bond donors (Lipinski definition) is 4. The molecule has 0 aliphatic heterocycles. The zero-order chi connectivity index (χ0) is 14.3. The van der Waals surface area contributed by atoms with Crippen LogP contribution in [0.15, 0.2) is 24.3 Å². The summed E-state index contributed by atoms with van der Waals surface area (Å²) in [6, 6.07) is 5.85. The van der Waals surface area contributed by atoms with Crippen LogP contribution in [0.4, 0.5) is 5.69 Å². The van der Waals surface area contributed by atoms with Crippen molar-refractivity contribution in [1.82, 2.24) is 10.6 Å². The first kappa shape index (κ1) is 14.5. The average Bonchev–Trinajstić information content (AvgIpc) is 2.34. The van der Waals surface area contributed by atoms with E-state index in [0.717, 1.165) is 0 Å². The second-order valence-electron chi connectivity index (χ2n) is 3.74. The third kappa shape index (κ3) is 5.53. The fourth-order valence-corrected chi connectivity index (χ4v) is 1.27. The van der Waals surface area contributed by atoms with Gasteiger partial charge in [-0.3, -0.25) is 14.4 Å². The lowest BCUT2D eigenvalue weighted by atomic mass is 10.3. The van der Waals surface area contributed by atoms with Gasteiger partial charge in [0, 0.05) is 31.8 Å². The van der Waals surface area contributed by atoms with Crippen LogP contribution in [-0.4, -0.2) is 35.9 Å². The molecule has 0 atom stereocenters. The van der Waals surface area contributed by atoms with E-state index >= 15 is 0 Å². The molecule has 102 valence electrons. The van der Waals surface area contributed by atoms with Crippen LogP contribution in [0.25, 0.3) is 0 Å². The monoisotopic (exact) mass is 265 g/mol. The Bertz CT molecular complexity index is 488. The van der Waals surface area contributed by atoms with Crippen LogP contribution in [0.2, 0.25) is 0 Å². The van der Waals surface area contributed by atoms with Gasteiger partial charge in [-0.15, -0.1) is 0 Å². The molecular formula is C12H15N3O4. The maximum atomic E-state index is 11.5. The van der Waals surface area contributed by atoms with Crippen molar-refractivity contribution in [2.75, 3.05) is 18.4 Å². The van der Waals surface area contributed by atoms with Gasteiger partial charge in [-0.2, -0.15) is 0 Å². The summed E-state index contributed by atoms with van der Waals surface area (Å²) in [6.07, 6.45) is 0. The van der Waals surface area contributed by atoms with Crippen molar-refractivity contribution in [3.63, 3.8) is 0 Å². The Balaban J connectivity index is 2.36. The Kier molecular flexibility index (Phi) is 5.34. The number of carbonyl (C=O) groups is 3. The molecule has 7 nitrogen and oxygen atoms in total. The Hall–Kier alpha value is -2.57. The minimum atomic E-state index is -0.839. The van der Waals surface area contributed by atoms with Gasteiger partial charge in [0.25, 0.3) is 0 Å². The number of amides is 3. The Morgan fingerprint density at radius 3 is 2.42 bits per heavy atom. The minimum absolute atomic E-state index is 0.0103. The van der Waals surface area contributed by atoms with Crippen molar-refractivity contribution in [2.24, 2.45) is 0 Å². The van der Waals surface area contributed by atoms with E-state index in [-0.39, 0.29) is 24.7 Å². The normalized spacial score (nSPS) is 9.53. The summed E-state index contributed by atoms with van der Waals surface area (Å²) in [5.41, 5.74) is 0.321. The summed E-state index contributed by atoms with van der Waals surface area (Å²) in [6.45, 7) is 1.77. The predicted molar refractivity (Wildman–Crippen MR) is 68.4 cm³/mol. The maximum Gasteiger partial charge on any atom is 0.313 e. The van der Waals surface area contributed by atoms with Gasteiger partial charge in [-0.25, -0.2) is 0 Å². The first-order valence-electron chi connectivity index (χ1n) is 5.61. The molecule has 0 aliphatic carbocycles. The molecule has 7 heteroatoms. The number of hydrogen-bond acceptors (Lipinski definition) is 4. The van der Waals surface area contributed by atoms with Crippen LogP contribution in [-0.2, 0) is 14.4 Å². The number of phenols is 1. The average molecular weight is 265 g/mol. The molecule has 19 heavy (non-hydrogen) atoms. The molecule has 0 spiro atoms. The van der Waals surface area contributed by atoms with Crippen LogP contribution in [0.5, 0.6) is 5.75 Å². The molecule has 3 amide bonds. The first-order chi connectivity index (χ1) is 8.99. The number of nitrogens with one attached hydrogen (secondary N) is 3. The summed E-state index contributed by atoms with van der Waals surface area (Å²) in [4.78, 5) is 33.4. The van der Waals surface area contributed by atoms with E-state index in [2.05, 4.69) is 16.0 Å². The van der Waals surface area contributed by atoms with E-state index in [1.54, 1.807) is 12.1 Å². The second-order valence-corrected chi connectivity index (χ2v) is 3.74. The topological polar surface area (TPSA) is 108 Å². The summed E-state index contributed by atoms with van der Waals surface area (Å²) >= 11 is 0. The Labute approximate surface area is 110 Å². The lowest BCUT2D eigenvalue weighted by Gasteiger charge is -2.07. The van der Waals surface area contributed by atoms with E-state index in [1.807, 2.05) is 0 Å². The highest BCUT2D eigenvalue weighted by Crippen LogP contribution is 2.14. The molecule has 0 unspecified atom stereocenters. The molecule has 0 bridgehead atoms. The number of rotatable bonds is 4. The van der Waals surface area contributed by atoms with E-state index in [4.69, 9.17) is 0 Å². The summed E-state index contributed by atoms with van der Waals surface area (Å²) in [5.74, 6) is -1.87. The second kappa shape index (κ2) is 7.00. The van der Waals surface area contributed by atoms with Crippen molar-refractivity contribution in [1.29, 1.82) is 0 Å². The van der Waals surface area contributed by atoms with Crippen LogP contribution in [0.3, 0.4) is 0 Å². The van der Waals surface area contributed by atoms with Gasteiger partial charge >= 0.3 is 11.8 Å². The van der Waals surface area contributed by atoms with Crippen LogP contribution in [0.1, 0.15) is 6.92 Å². The van der Waals surface area contributed by atoms with E-state index in [0.29, 0.717) is 5.69 Å². The smallest absolute Gasteiger partial charge is 0.313 e. The summed E-state index contributed by atoms with van der Waals surface area (Å²) < 4.78 is 0. The summed E-state index contributed by atoms with van der Waals surface area (Å²) in [5, 5.41) is 16.4. The van der Waals surface area contributed by atoms with Gasteiger partial charge in [-0.05, 0) is 12.1 Å².